The van der Waals surface area contributed by atoms with E-state index in [-0.39, 0.29) is 6.03 Å². The van der Waals surface area contributed by atoms with Crippen LogP contribution in [0.5, 0.6) is 0 Å². The minimum absolute atomic E-state index is 0.158. The van der Waals surface area contributed by atoms with Crippen molar-refractivity contribution >= 4 is 17.8 Å². The standard InChI is InChI=1S/C12H22N2OS/c15-12(14-7-3-1-4-8-14)13-10-11-6-2-5-9-16-11/h11H,1-10H2,(H,13,15). The van der Waals surface area contributed by atoms with Gasteiger partial charge in [-0.15, -0.1) is 0 Å². The first-order valence-electron chi connectivity index (χ1n) is 6.50. The molecule has 0 aromatic rings. The lowest BCUT2D eigenvalue weighted by molar-refractivity contribution is 0.186. The third kappa shape index (κ3) is 3.58. The molecular formula is C12H22N2OS. The highest BCUT2D eigenvalue weighted by Gasteiger charge is 2.18. The summed E-state index contributed by atoms with van der Waals surface area (Å²) in [5.74, 6) is 1.27. The molecule has 92 valence electrons. The first-order valence-corrected chi connectivity index (χ1v) is 7.55. The number of thioether (sulfide) groups is 1. The maximum absolute atomic E-state index is 11.8. The predicted molar refractivity (Wildman–Crippen MR) is 68.9 cm³/mol. The van der Waals surface area contributed by atoms with Crippen LogP contribution < -0.4 is 5.32 Å². The zero-order chi connectivity index (χ0) is 11.2. The van der Waals surface area contributed by atoms with Crippen LogP contribution in [-0.4, -0.2) is 41.6 Å². The second-order valence-corrected chi connectivity index (χ2v) is 6.13. The third-order valence-corrected chi connectivity index (χ3v) is 4.80. The van der Waals surface area contributed by atoms with Gasteiger partial charge >= 0.3 is 6.03 Å². The van der Waals surface area contributed by atoms with Gasteiger partial charge < -0.3 is 10.2 Å². The summed E-state index contributed by atoms with van der Waals surface area (Å²) in [6.45, 7) is 2.76. The number of hydrogen-bond acceptors (Lipinski definition) is 2. The average Bonchev–Trinajstić information content (AvgIpc) is 2.38. The van der Waals surface area contributed by atoms with E-state index in [9.17, 15) is 4.79 Å². The van der Waals surface area contributed by atoms with Crippen molar-refractivity contribution in [1.29, 1.82) is 0 Å². The van der Waals surface area contributed by atoms with Crippen molar-refractivity contribution in [3.63, 3.8) is 0 Å². The van der Waals surface area contributed by atoms with Gasteiger partial charge in [-0.1, -0.05) is 6.42 Å². The van der Waals surface area contributed by atoms with Crippen molar-refractivity contribution in [2.75, 3.05) is 25.4 Å². The molecule has 2 aliphatic rings. The molecule has 0 aromatic heterocycles. The number of nitrogens with zero attached hydrogens (tertiary/aromatic N) is 1. The van der Waals surface area contributed by atoms with Crippen LogP contribution in [0.3, 0.4) is 0 Å². The molecule has 3 nitrogen and oxygen atoms in total. The number of carbonyl (C=O) groups is 1. The molecule has 0 aromatic carbocycles. The Bertz CT molecular complexity index is 223. The van der Waals surface area contributed by atoms with Crippen LogP contribution in [0.15, 0.2) is 0 Å². The van der Waals surface area contributed by atoms with E-state index in [1.807, 2.05) is 16.7 Å². The number of piperidine rings is 1. The molecule has 1 unspecified atom stereocenters. The molecule has 2 amide bonds. The van der Waals surface area contributed by atoms with E-state index < -0.39 is 0 Å². The van der Waals surface area contributed by atoms with E-state index >= 15 is 0 Å². The molecule has 0 aliphatic carbocycles. The number of urea groups is 1. The van der Waals surface area contributed by atoms with Gasteiger partial charge in [0.25, 0.3) is 0 Å². The Morgan fingerprint density at radius 3 is 2.69 bits per heavy atom. The van der Waals surface area contributed by atoms with Crippen molar-refractivity contribution in [3.8, 4) is 0 Å². The molecule has 2 heterocycles. The van der Waals surface area contributed by atoms with E-state index in [0.29, 0.717) is 5.25 Å². The molecular weight excluding hydrogens is 220 g/mol. The van der Waals surface area contributed by atoms with Crippen LogP contribution in [0.1, 0.15) is 38.5 Å². The Morgan fingerprint density at radius 1 is 1.19 bits per heavy atom. The fourth-order valence-electron chi connectivity index (χ4n) is 2.38. The first-order chi connectivity index (χ1) is 7.86. The summed E-state index contributed by atoms with van der Waals surface area (Å²) < 4.78 is 0. The Balaban J connectivity index is 1.65. The Labute approximate surface area is 102 Å². The van der Waals surface area contributed by atoms with Crippen molar-refractivity contribution in [3.05, 3.63) is 0 Å². The summed E-state index contributed by atoms with van der Waals surface area (Å²) in [7, 11) is 0. The summed E-state index contributed by atoms with van der Waals surface area (Å²) in [5, 5.41) is 3.74. The average molecular weight is 242 g/mol. The monoisotopic (exact) mass is 242 g/mol. The SMILES string of the molecule is O=C(NCC1CCCCS1)N1CCCCC1. The summed E-state index contributed by atoms with van der Waals surface area (Å²) in [6.07, 6.45) is 7.57. The fraction of sp³-hybridized carbons (Fsp3) is 0.917. The topological polar surface area (TPSA) is 32.3 Å². The third-order valence-electron chi connectivity index (χ3n) is 3.40. The Kier molecular flexibility index (Phi) is 4.82. The molecule has 16 heavy (non-hydrogen) atoms. The second kappa shape index (κ2) is 6.38. The molecule has 1 N–H and O–H groups in total. The highest BCUT2D eigenvalue weighted by molar-refractivity contribution is 7.99. The van der Waals surface area contributed by atoms with Crippen LogP contribution >= 0.6 is 11.8 Å². The normalized spacial score (nSPS) is 26.5. The van der Waals surface area contributed by atoms with Crippen molar-refractivity contribution < 1.29 is 4.79 Å². The van der Waals surface area contributed by atoms with Gasteiger partial charge in [0, 0.05) is 24.9 Å². The predicted octanol–water partition coefficient (Wildman–Crippen LogP) is 2.47. The lowest BCUT2D eigenvalue weighted by Gasteiger charge is -2.28. The molecule has 2 aliphatic heterocycles. The van der Waals surface area contributed by atoms with E-state index in [4.69, 9.17) is 0 Å². The number of amides is 2. The highest BCUT2D eigenvalue weighted by atomic mass is 32.2. The molecule has 2 saturated heterocycles. The molecule has 1 atom stereocenters. The highest BCUT2D eigenvalue weighted by Crippen LogP contribution is 2.24. The molecule has 2 fully saturated rings. The van der Waals surface area contributed by atoms with Gasteiger partial charge in [-0.05, 0) is 37.9 Å². The zero-order valence-corrected chi connectivity index (χ0v) is 10.7. The molecule has 0 bridgehead atoms. The molecule has 2 rings (SSSR count). The maximum atomic E-state index is 11.8. The summed E-state index contributed by atoms with van der Waals surface area (Å²) >= 11 is 2.02. The molecule has 0 radical (unpaired) electrons. The summed E-state index contributed by atoms with van der Waals surface area (Å²) in [4.78, 5) is 13.8. The van der Waals surface area contributed by atoms with E-state index in [0.717, 1.165) is 19.6 Å². The van der Waals surface area contributed by atoms with Gasteiger partial charge in [0.15, 0.2) is 0 Å². The second-order valence-electron chi connectivity index (χ2n) is 4.72. The Hall–Kier alpha value is -0.380. The van der Waals surface area contributed by atoms with Gasteiger partial charge in [-0.2, -0.15) is 11.8 Å². The van der Waals surface area contributed by atoms with E-state index in [1.165, 1.54) is 44.3 Å². The number of rotatable bonds is 2. The van der Waals surface area contributed by atoms with Crippen molar-refractivity contribution in [2.45, 2.75) is 43.8 Å². The fourth-order valence-corrected chi connectivity index (χ4v) is 3.62. The lowest BCUT2D eigenvalue weighted by atomic mass is 10.1. The van der Waals surface area contributed by atoms with Gasteiger partial charge in [0.05, 0.1) is 0 Å². The Morgan fingerprint density at radius 2 is 2.00 bits per heavy atom. The van der Waals surface area contributed by atoms with E-state index in [1.54, 1.807) is 0 Å². The van der Waals surface area contributed by atoms with Crippen molar-refractivity contribution in [1.82, 2.24) is 10.2 Å². The molecule has 0 saturated carbocycles. The quantitative estimate of drug-likeness (QED) is 0.807. The van der Waals surface area contributed by atoms with Gasteiger partial charge in [0.1, 0.15) is 0 Å². The summed E-state index contributed by atoms with van der Waals surface area (Å²) in [6, 6.07) is 0.158. The van der Waals surface area contributed by atoms with Crippen LogP contribution in [0.25, 0.3) is 0 Å². The minimum atomic E-state index is 0.158. The first kappa shape index (κ1) is 12.1. The minimum Gasteiger partial charge on any atom is -0.337 e. The van der Waals surface area contributed by atoms with Crippen LogP contribution in [-0.2, 0) is 0 Å². The smallest absolute Gasteiger partial charge is 0.317 e. The van der Waals surface area contributed by atoms with Gasteiger partial charge in [-0.25, -0.2) is 4.79 Å². The molecule has 4 heteroatoms. The lowest BCUT2D eigenvalue weighted by Crippen LogP contribution is -2.44. The van der Waals surface area contributed by atoms with Crippen molar-refractivity contribution in [2.24, 2.45) is 0 Å². The van der Waals surface area contributed by atoms with Crippen LogP contribution in [0.2, 0.25) is 0 Å². The van der Waals surface area contributed by atoms with Crippen LogP contribution in [0.4, 0.5) is 4.79 Å². The maximum Gasteiger partial charge on any atom is 0.317 e. The zero-order valence-electron chi connectivity index (χ0n) is 9.91. The summed E-state index contributed by atoms with van der Waals surface area (Å²) in [5.41, 5.74) is 0. The molecule has 0 spiro atoms. The van der Waals surface area contributed by atoms with E-state index in [2.05, 4.69) is 5.32 Å². The van der Waals surface area contributed by atoms with Gasteiger partial charge in [0.2, 0.25) is 0 Å². The largest absolute Gasteiger partial charge is 0.337 e. The number of likely N-dealkylation sites (tertiary alicyclic amines) is 1. The number of carbonyl (C=O) groups excluding carboxylic acids is 1. The van der Waals surface area contributed by atoms with Gasteiger partial charge in [-0.3, -0.25) is 0 Å². The number of nitrogens with one attached hydrogen (secondary N) is 1. The van der Waals surface area contributed by atoms with Crippen LogP contribution in [0, 0.1) is 0 Å². The number of hydrogen-bond donors (Lipinski definition) is 1.